The Balaban J connectivity index is 0.000000158. The third kappa shape index (κ3) is 5.93. The number of benzodiazepines with no additional fused rings is 2. The highest BCUT2D eigenvalue weighted by molar-refractivity contribution is 6.32. The normalized spacial score (nSPS) is 14.4. The molecule has 0 saturated heterocycles. The van der Waals surface area contributed by atoms with Gasteiger partial charge in [0, 0.05) is 39.3 Å². The van der Waals surface area contributed by atoms with Crippen molar-refractivity contribution in [3.05, 3.63) is 129 Å². The van der Waals surface area contributed by atoms with Crippen LogP contribution in [0.4, 0.5) is 11.4 Å². The molecule has 0 bridgehead atoms. The Morgan fingerprint density at radius 2 is 1.23 bits per heavy atom. The summed E-state index contributed by atoms with van der Waals surface area (Å²) < 4.78 is 0. The lowest BCUT2D eigenvalue weighted by atomic mass is 10.0. The number of benzene rings is 4. The van der Waals surface area contributed by atoms with Gasteiger partial charge >= 0.3 is 0 Å². The highest BCUT2D eigenvalue weighted by Crippen LogP contribution is 2.29. The summed E-state index contributed by atoms with van der Waals surface area (Å²) in [6, 6.07) is 30.5. The minimum absolute atomic E-state index is 0.0282. The van der Waals surface area contributed by atoms with Crippen LogP contribution in [0.15, 0.2) is 107 Å². The van der Waals surface area contributed by atoms with E-state index in [1.54, 1.807) is 30.1 Å². The maximum atomic E-state index is 12.0. The second kappa shape index (κ2) is 11.6. The van der Waals surface area contributed by atoms with Crippen molar-refractivity contribution in [3.8, 4) is 0 Å². The molecule has 0 aromatic heterocycles. The minimum atomic E-state index is -0.116. The lowest BCUT2D eigenvalue weighted by Gasteiger charge is -2.18. The smallest absolute Gasteiger partial charge is 0.248 e. The fraction of sp³-hybridized carbons (Fsp3) is 0.0968. The van der Waals surface area contributed by atoms with Crippen molar-refractivity contribution in [2.45, 2.75) is 0 Å². The van der Waals surface area contributed by atoms with E-state index in [9.17, 15) is 9.59 Å². The van der Waals surface area contributed by atoms with Gasteiger partial charge in [-0.25, -0.2) is 0 Å². The average molecular weight is 555 g/mol. The van der Waals surface area contributed by atoms with Crippen molar-refractivity contribution in [3.63, 3.8) is 0 Å². The number of halogens is 2. The monoisotopic (exact) mass is 554 g/mol. The Labute approximate surface area is 236 Å². The van der Waals surface area contributed by atoms with E-state index in [0.717, 1.165) is 45.1 Å². The van der Waals surface area contributed by atoms with Gasteiger partial charge in [0.25, 0.3) is 0 Å². The summed E-state index contributed by atoms with van der Waals surface area (Å²) in [5.74, 6) is -0.144. The van der Waals surface area contributed by atoms with Crippen molar-refractivity contribution in [2.75, 3.05) is 30.4 Å². The van der Waals surface area contributed by atoms with E-state index < -0.39 is 0 Å². The zero-order valence-corrected chi connectivity index (χ0v) is 22.6. The number of nitrogens with zero attached hydrogens (tertiary/aromatic N) is 3. The van der Waals surface area contributed by atoms with Gasteiger partial charge in [0.2, 0.25) is 11.8 Å². The summed E-state index contributed by atoms with van der Waals surface area (Å²) in [4.78, 5) is 34.2. The molecule has 6 rings (SSSR count). The number of rotatable bonds is 2. The first-order valence-corrected chi connectivity index (χ1v) is 13.0. The molecule has 6 nitrogen and oxygen atoms in total. The van der Waals surface area contributed by atoms with Gasteiger partial charge in [-0.05, 0) is 36.4 Å². The average Bonchev–Trinajstić information content (AvgIpc) is 3.19. The quantitative estimate of drug-likeness (QED) is 0.316. The lowest BCUT2D eigenvalue weighted by Crippen LogP contribution is -2.27. The van der Waals surface area contributed by atoms with Crippen molar-refractivity contribution in [2.24, 2.45) is 9.98 Å². The van der Waals surface area contributed by atoms with Crippen LogP contribution in [0.1, 0.15) is 22.3 Å². The summed E-state index contributed by atoms with van der Waals surface area (Å²) in [7, 11) is 1.76. The Bertz CT molecular complexity index is 1600. The zero-order chi connectivity index (χ0) is 27.4. The van der Waals surface area contributed by atoms with Crippen LogP contribution in [0.3, 0.4) is 0 Å². The standard InChI is InChI=1S/C16H13ClN2O.C15H11ClN2O/c1-19-14-8-7-12(17)9-13(14)16(18-10-15(19)20)11-5-3-2-4-6-11;16-11-6-7-13-12(8-11)15(17-9-14(19)18-13)10-4-2-1-3-5-10/h2-9H,10H2,1H3;1-8H,9H2,(H,18,19). The van der Waals surface area contributed by atoms with Gasteiger partial charge in [-0.1, -0.05) is 83.9 Å². The maximum absolute atomic E-state index is 12.0. The highest BCUT2D eigenvalue weighted by atomic mass is 35.5. The second-order valence-electron chi connectivity index (χ2n) is 8.91. The van der Waals surface area contributed by atoms with E-state index in [4.69, 9.17) is 23.2 Å². The molecule has 4 aromatic carbocycles. The number of fused-ring (bicyclic) bond motifs is 2. The minimum Gasteiger partial charge on any atom is -0.324 e. The molecule has 0 aliphatic carbocycles. The molecule has 2 amide bonds. The number of hydrogen-bond acceptors (Lipinski definition) is 4. The molecule has 0 unspecified atom stereocenters. The van der Waals surface area contributed by atoms with Crippen LogP contribution in [-0.4, -0.2) is 43.4 Å². The molecule has 0 fully saturated rings. The maximum Gasteiger partial charge on any atom is 0.248 e. The fourth-order valence-electron chi connectivity index (χ4n) is 4.40. The highest BCUT2D eigenvalue weighted by Gasteiger charge is 2.22. The van der Waals surface area contributed by atoms with Crippen LogP contribution in [0.5, 0.6) is 0 Å². The second-order valence-corrected chi connectivity index (χ2v) is 9.79. The summed E-state index contributed by atoms with van der Waals surface area (Å²) in [6.45, 7) is 0.267. The molecule has 0 spiro atoms. The molecule has 39 heavy (non-hydrogen) atoms. The van der Waals surface area contributed by atoms with E-state index in [2.05, 4.69) is 15.3 Å². The summed E-state index contributed by atoms with van der Waals surface area (Å²) in [5, 5.41) is 4.10. The van der Waals surface area contributed by atoms with E-state index in [-0.39, 0.29) is 24.9 Å². The first-order valence-electron chi connectivity index (χ1n) is 12.3. The van der Waals surface area contributed by atoms with E-state index in [0.29, 0.717) is 10.0 Å². The zero-order valence-electron chi connectivity index (χ0n) is 21.1. The Morgan fingerprint density at radius 1 is 0.692 bits per heavy atom. The number of hydrogen-bond donors (Lipinski definition) is 1. The predicted molar refractivity (Wildman–Crippen MR) is 159 cm³/mol. The SMILES string of the molecule is CN1C(=O)CN=C(c2ccccc2)c2cc(Cl)ccc21.O=C1CN=C(c2ccccc2)c2cc(Cl)ccc2N1. The van der Waals surface area contributed by atoms with E-state index in [1.807, 2.05) is 78.9 Å². The number of amides is 2. The summed E-state index contributed by atoms with van der Waals surface area (Å²) in [5.41, 5.74) is 6.87. The molecular weight excluding hydrogens is 531 g/mol. The first-order chi connectivity index (χ1) is 18.9. The lowest BCUT2D eigenvalue weighted by molar-refractivity contribution is -0.117. The van der Waals surface area contributed by atoms with Crippen LogP contribution in [0.25, 0.3) is 0 Å². The van der Waals surface area contributed by atoms with Gasteiger partial charge in [-0.15, -0.1) is 0 Å². The summed E-state index contributed by atoms with van der Waals surface area (Å²) >= 11 is 12.2. The van der Waals surface area contributed by atoms with Gasteiger partial charge in [-0.3, -0.25) is 19.6 Å². The molecule has 2 aliphatic rings. The number of carbonyl (C=O) groups excluding carboxylic acids is 2. The number of nitrogens with one attached hydrogen (secondary N) is 1. The Hall–Kier alpha value is -4.26. The Morgan fingerprint density at radius 3 is 1.87 bits per heavy atom. The van der Waals surface area contributed by atoms with Crippen molar-refractivity contribution in [1.82, 2.24) is 0 Å². The molecule has 0 atom stereocenters. The van der Waals surface area contributed by atoms with Crippen LogP contribution >= 0.6 is 23.2 Å². The molecule has 4 aromatic rings. The topological polar surface area (TPSA) is 74.1 Å². The molecule has 2 aliphatic heterocycles. The van der Waals surface area contributed by atoms with E-state index >= 15 is 0 Å². The first kappa shape index (κ1) is 26.4. The van der Waals surface area contributed by atoms with Crippen LogP contribution in [-0.2, 0) is 9.59 Å². The van der Waals surface area contributed by atoms with Gasteiger partial charge in [0.1, 0.15) is 13.1 Å². The Kier molecular flexibility index (Phi) is 7.87. The van der Waals surface area contributed by atoms with Crippen molar-refractivity contribution >= 4 is 57.8 Å². The molecule has 1 N–H and O–H groups in total. The molecule has 194 valence electrons. The van der Waals surface area contributed by atoms with Gasteiger partial charge < -0.3 is 10.2 Å². The molecule has 0 radical (unpaired) electrons. The number of anilines is 2. The van der Waals surface area contributed by atoms with Gasteiger partial charge in [-0.2, -0.15) is 0 Å². The van der Waals surface area contributed by atoms with Crippen molar-refractivity contribution < 1.29 is 9.59 Å². The van der Waals surface area contributed by atoms with Gasteiger partial charge in [0.05, 0.1) is 22.8 Å². The largest absolute Gasteiger partial charge is 0.324 e. The molecule has 2 heterocycles. The number of likely N-dealkylation sites (N-methyl/N-ethyl adjacent to an activating group) is 1. The summed E-state index contributed by atoms with van der Waals surface area (Å²) in [6.07, 6.45) is 0. The van der Waals surface area contributed by atoms with E-state index in [1.165, 1.54) is 0 Å². The molecule has 0 saturated carbocycles. The van der Waals surface area contributed by atoms with Crippen LogP contribution < -0.4 is 10.2 Å². The number of aliphatic imine (C=N–C) groups is 2. The third-order valence-electron chi connectivity index (χ3n) is 6.31. The molecule has 8 heteroatoms. The third-order valence-corrected chi connectivity index (χ3v) is 6.78. The van der Waals surface area contributed by atoms with Crippen LogP contribution in [0.2, 0.25) is 10.0 Å². The van der Waals surface area contributed by atoms with Gasteiger partial charge in [0.15, 0.2) is 0 Å². The predicted octanol–water partition coefficient (Wildman–Crippen LogP) is 6.28. The fourth-order valence-corrected chi connectivity index (χ4v) is 4.74. The van der Waals surface area contributed by atoms with Crippen molar-refractivity contribution in [1.29, 1.82) is 0 Å². The number of carbonyl (C=O) groups is 2. The molecular formula is C31H24Cl2N4O2. The van der Waals surface area contributed by atoms with Crippen LogP contribution in [0, 0.1) is 0 Å².